The van der Waals surface area contributed by atoms with Crippen LogP contribution in [0.4, 0.5) is 10.5 Å². The summed E-state index contributed by atoms with van der Waals surface area (Å²) in [5, 5.41) is 80.2. The number of aliphatic hydroxyl groups excluding tert-OH is 2. The highest BCUT2D eigenvalue weighted by Crippen LogP contribution is 2.53. The maximum Gasteiger partial charge on any atom is 0.407 e. The third-order valence-corrected chi connectivity index (χ3v) is 20.2. The number of rotatable bonds is 32. The summed E-state index contributed by atoms with van der Waals surface area (Å²) >= 11 is 19.1. The van der Waals surface area contributed by atoms with Crippen molar-refractivity contribution in [3.63, 3.8) is 0 Å². The Bertz CT molecular complexity index is 4550. The van der Waals surface area contributed by atoms with Crippen LogP contribution in [0.15, 0.2) is 170 Å². The van der Waals surface area contributed by atoms with Gasteiger partial charge in [-0.1, -0.05) is 157 Å². The molecule has 0 spiro atoms. The summed E-state index contributed by atoms with van der Waals surface area (Å²) in [5.74, 6) is -7.20. The molecule has 114 heavy (non-hydrogen) atoms. The number of amides is 6. The van der Waals surface area contributed by atoms with Gasteiger partial charge in [0.05, 0.1) is 60.0 Å². The summed E-state index contributed by atoms with van der Waals surface area (Å²) in [7, 11) is 2.90. The number of carboxylic acid groups (broad SMARTS) is 1. The molecular weight excluding hydrogens is 1560 g/mol. The summed E-state index contributed by atoms with van der Waals surface area (Å²) < 4.78 is 28.9. The van der Waals surface area contributed by atoms with Crippen LogP contribution >= 0.6 is 46.4 Å². The van der Waals surface area contributed by atoms with Crippen LogP contribution in [0, 0.1) is 0 Å². The van der Waals surface area contributed by atoms with Crippen molar-refractivity contribution in [1.82, 2.24) is 26.2 Å². The number of benzene rings is 7. The number of fused-ring (bicyclic) bond motifs is 3. The number of hydrogen-bond acceptors (Lipinski definition) is 21. The Morgan fingerprint density at radius 3 is 1.89 bits per heavy atom. The van der Waals surface area contributed by atoms with Crippen molar-refractivity contribution in [3.05, 3.63) is 231 Å². The Kier molecular flexibility index (Phi) is 31.6. The number of methoxy groups -OCH3 is 2. The van der Waals surface area contributed by atoms with Gasteiger partial charge in [0.15, 0.2) is 17.9 Å². The lowest BCUT2D eigenvalue weighted by atomic mass is 9.72. The SMILES string of the molecule is COc1ccc(C(NCCCCC(NC(=O)[C@H](Cc2ccccc2)NC(=O)CCCCCN2C(=O)C=CC2=O)C(=O)Nc2ccc(COC(=O)NC3CC(OC4C[C@](O)(C(=O)CO)Cc5c(O)c6c(c(O)c54)C(=O)c4c(OC)cccc4C6=O)OC(C)C3O)cc2)(c2ccccc2)c2ccccc2)cc1.ClCCl.O=C(O)C(Cl)Cl. The Morgan fingerprint density at radius 1 is 0.684 bits per heavy atom. The number of aliphatic carboxylic acids is 1. The molecule has 31 heteroatoms. The van der Waals surface area contributed by atoms with E-state index in [-0.39, 0.29) is 84.0 Å². The van der Waals surface area contributed by atoms with Gasteiger partial charge in [-0.25, -0.2) is 9.59 Å². The number of carboxylic acids is 1. The largest absolute Gasteiger partial charge is 0.507 e. The number of hydrogen-bond donors (Lipinski definition) is 11. The summed E-state index contributed by atoms with van der Waals surface area (Å²) in [5.41, 5.74) is -0.770. The van der Waals surface area contributed by atoms with Crippen LogP contribution in [0.1, 0.15) is 142 Å². The average Bonchev–Trinajstić information content (AvgIpc) is 0.712. The van der Waals surface area contributed by atoms with Gasteiger partial charge in [0.25, 0.3) is 11.8 Å². The molecule has 0 aromatic heterocycles. The van der Waals surface area contributed by atoms with Gasteiger partial charge in [0, 0.05) is 73.2 Å². The number of phenolic OH excluding ortho intramolecular Hbond substituents is 2. The third kappa shape index (κ3) is 21.6. The molecule has 2 aliphatic heterocycles. The molecule has 6 unspecified atom stereocenters. The van der Waals surface area contributed by atoms with E-state index in [2.05, 4.69) is 50.8 Å². The van der Waals surface area contributed by atoms with Crippen LogP contribution in [0.2, 0.25) is 0 Å². The van der Waals surface area contributed by atoms with E-state index in [9.17, 15) is 73.5 Å². The topological polar surface area (TPSA) is 402 Å². The molecule has 7 aromatic carbocycles. The monoisotopic (exact) mass is 1640 g/mol. The number of ether oxygens (including phenoxy) is 5. The zero-order chi connectivity index (χ0) is 82.4. The van der Waals surface area contributed by atoms with Gasteiger partial charge in [-0.05, 0) is 104 Å². The predicted octanol–water partition coefficient (Wildman–Crippen LogP) is 9.66. The summed E-state index contributed by atoms with van der Waals surface area (Å²) in [6.07, 6.45) is -2.80. The van der Waals surface area contributed by atoms with Crippen molar-refractivity contribution < 1.29 is 102 Å². The van der Waals surface area contributed by atoms with Crippen LogP contribution in [0.3, 0.4) is 0 Å². The van der Waals surface area contributed by atoms with Crippen LogP contribution in [0.5, 0.6) is 23.0 Å². The van der Waals surface area contributed by atoms with Crippen molar-refractivity contribution in [3.8, 4) is 23.0 Å². The van der Waals surface area contributed by atoms with Gasteiger partial charge in [-0.3, -0.25) is 48.6 Å². The minimum Gasteiger partial charge on any atom is -0.507 e. The van der Waals surface area contributed by atoms with Crippen molar-refractivity contribution in [2.45, 2.75) is 143 Å². The maximum atomic E-state index is 14.7. The molecule has 6 amide bonds. The smallest absolute Gasteiger partial charge is 0.407 e. The van der Waals surface area contributed by atoms with Gasteiger partial charge in [0.1, 0.15) is 60.0 Å². The number of nitrogens with zero attached hydrogens (tertiary/aromatic N) is 1. The third-order valence-electron chi connectivity index (χ3n) is 19.8. The lowest BCUT2D eigenvalue weighted by Crippen LogP contribution is -2.56. The molecule has 7 aromatic rings. The highest BCUT2D eigenvalue weighted by molar-refractivity contribution is 6.52. The lowest BCUT2D eigenvalue weighted by molar-refractivity contribution is -0.249. The number of halogens is 4. The number of carbonyl (C=O) groups excluding carboxylic acids is 9. The highest BCUT2D eigenvalue weighted by atomic mass is 35.5. The summed E-state index contributed by atoms with van der Waals surface area (Å²) in [4.78, 5) is 132. The quantitative estimate of drug-likeness (QED) is 0.00614. The second kappa shape index (κ2) is 41.1. The molecule has 0 radical (unpaired) electrons. The number of alkyl halides is 4. The number of aromatic hydroxyl groups is 2. The molecule has 1 saturated heterocycles. The number of unbranched alkanes of at least 4 members (excludes halogenated alkanes) is 3. The summed E-state index contributed by atoms with van der Waals surface area (Å²) in [6.45, 7) is 0.720. The molecule has 11 N–H and O–H groups in total. The Labute approximate surface area is 677 Å². The van der Waals surface area contributed by atoms with E-state index in [0.29, 0.717) is 55.6 Å². The number of Topliss-reactive ketones (excluding diaryl/α,β-unsaturated/α-hetero) is 1. The van der Waals surface area contributed by atoms with Crippen LogP contribution in [0.25, 0.3) is 0 Å². The van der Waals surface area contributed by atoms with E-state index < -0.39 is 148 Å². The second-order valence-electron chi connectivity index (χ2n) is 27.2. The predicted molar refractivity (Wildman–Crippen MR) is 422 cm³/mol. The first kappa shape index (κ1) is 87.7. The first-order chi connectivity index (χ1) is 54.7. The molecule has 1 fully saturated rings. The van der Waals surface area contributed by atoms with Crippen molar-refractivity contribution in [2.24, 2.45) is 0 Å². The van der Waals surface area contributed by atoms with Gasteiger partial charge < -0.3 is 75.6 Å². The van der Waals surface area contributed by atoms with Gasteiger partial charge in [-0.2, -0.15) is 0 Å². The number of phenols is 2. The molecule has 4 aliphatic rings. The van der Waals surface area contributed by atoms with Gasteiger partial charge in [0.2, 0.25) is 28.3 Å². The standard InChI is InChI=1S/C80H84N6O19.C2H2Cl2O2.CH2Cl2/c1-47-71(92)58(42-66(104-47)105-61-44-79(100,62(88)45-87)43-56-68(61)75(96)70-69(73(56)94)72(93)55-25-18-27-60(102-3)67(55)74(70)95)85-78(99)103-46-49-29-33-53(34-30-49)82-76(97)57(84-77(98)59(41-48-19-8-4-9-20-48)83-63(89)28-14-7-17-40-86-64(90)37-38-65(86)91)26-15-16-39-81-80(50-21-10-5-11-22-50,51-23-12-6-13-24-51)52-31-35-54(101-2)36-32-52;3-1(4)2(5)6;2-1-3/h4-6,8-13,18-25,27,29-38,47,57-59,61,66,71,81,87,92,94,96,100H,7,14-17,26,28,39-46H2,1-3H3,(H,82,97)(H,83,89)(H,84,98)(H,85,99);1H,(H,5,6);1H2/t47?,57?,58?,59-,61?,66?,71?,79-;;/m0../s1. The number of alkyl carbamates (subject to hydrolysis) is 1. The zero-order valence-electron chi connectivity index (χ0n) is 62.4. The fourth-order valence-corrected chi connectivity index (χ4v) is 14.1. The molecular formula is C83H88Cl4N6O21. The Hall–Kier alpha value is -10.3. The van der Waals surface area contributed by atoms with E-state index in [4.69, 9.17) is 75.2 Å². The van der Waals surface area contributed by atoms with E-state index >= 15 is 0 Å². The van der Waals surface area contributed by atoms with Crippen LogP contribution < -0.4 is 36.1 Å². The Balaban J connectivity index is 0.00000157. The molecule has 8 atom stereocenters. The Morgan fingerprint density at radius 2 is 1.29 bits per heavy atom. The minimum absolute atomic E-state index is 0.0215. The van der Waals surface area contributed by atoms with Crippen LogP contribution in [-0.2, 0) is 72.8 Å². The van der Waals surface area contributed by atoms with E-state index in [1.165, 1.54) is 44.4 Å². The maximum absolute atomic E-state index is 14.7. The van der Waals surface area contributed by atoms with E-state index in [0.717, 1.165) is 27.2 Å². The first-order valence-corrected chi connectivity index (χ1v) is 38.5. The number of nitrogens with one attached hydrogen (secondary N) is 5. The lowest BCUT2D eigenvalue weighted by Gasteiger charge is -2.42. The molecule has 0 bridgehead atoms. The first-order valence-electron chi connectivity index (χ1n) is 36.6. The molecule has 2 heterocycles. The number of aliphatic hydroxyl groups is 3. The number of imide groups is 1. The molecule has 604 valence electrons. The van der Waals surface area contributed by atoms with Gasteiger partial charge >= 0.3 is 12.1 Å². The second-order valence-corrected chi connectivity index (χ2v) is 29.1. The fourth-order valence-electron chi connectivity index (χ4n) is 14.1. The normalized spacial score (nSPS) is 18.6. The molecule has 11 rings (SSSR count). The molecule has 2 aliphatic carbocycles. The van der Waals surface area contributed by atoms with Crippen molar-refractivity contribution >= 4 is 111 Å². The van der Waals surface area contributed by atoms with Gasteiger partial charge in [-0.15, -0.1) is 23.2 Å². The average molecular weight is 1650 g/mol. The van der Waals surface area contributed by atoms with Crippen molar-refractivity contribution in [1.29, 1.82) is 0 Å². The fraction of sp³-hybridized carbons (Fsp3) is 0.349. The molecule has 27 nitrogen and oxygen atoms in total. The number of ketones is 3. The van der Waals surface area contributed by atoms with Crippen molar-refractivity contribution in [2.75, 3.05) is 44.6 Å². The van der Waals surface area contributed by atoms with Crippen LogP contribution in [-0.4, -0.2) is 181 Å². The number of anilines is 1. The minimum atomic E-state index is -2.43. The number of carbonyl (C=O) groups is 10. The summed E-state index contributed by atoms with van der Waals surface area (Å²) in [6, 6.07) is 44.4. The van der Waals surface area contributed by atoms with E-state index in [1.54, 1.807) is 31.4 Å². The van der Waals surface area contributed by atoms with E-state index in [1.807, 2.05) is 91.0 Å². The molecule has 0 saturated carbocycles. The highest BCUT2D eigenvalue weighted by Gasteiger charge is 2.51. The zero-order valence-corrected chi connectivity index (χ0v) is 65.4.